The van der Waals surface area contributed by atoms with Gasteiger partial charge in [0, 0.05) is 19.2 Å². The van der Waals surface area contributed by atoms with Gasteiger partial charge in [0.2, 0.25) is 5.91 Å². The topological polar surface area (TPSA) is 78.9 Å². The highest BCUT2D eigenvalue weighted by Crippen LogP contribution is 2.21. The first-order valence-electron chi connectivity index (χ1n) is 6.69. The zero-order valence-corrected chi connectivity index (χ0v) is 12.1. The summed E-state index contributed by atoms with van der Waals surface area (Å²) in [5, 5.41) is 9.02. The molecule has 1 amide bonds. The molecule has 0 aromatic carbocycles. The van der Waals surface area contributed by atoms with Crippen LogP contribution in [0.3, 0.4) is 0 Å². The molecule has 1 aromatic rings. The summed E-state index contributed by atoms with van der Waals surface area (Å²) in [6.07, 6.45) is 3.34. The molecule has 19 heavy (non-hydrogen) atoms. The van der Waals surface area contributed by atoms with Crippen LogP contribution in [0.4, 0.5) is 11.6 Å². The van der Waals surface area contributed by atoms with Gasteiger partial charge in [-0.1, -0.05) is 13.8 Å². The van der Waals surface area contributed by atoms with Crippen molar-refractivity contribution in [3.05, 3.63) is 11.9 Å². The monoisotopic (exact) mass is 265 g/mol. The van der Waals surface area contributed by atoms with Crippen molar-refractivity contribution in [1.29, 1.82) is 0 Å². The smallest absolute Gasteiger partial charge is 0.241 e. The number of hydrogen-bond acceptors (Lipinski definition) is 5. The van der Waals surface area contributed by atoms with Gasteiger partial charge in [-0.15, -0.1) is 0 Å². The van der Waals surface area contributed by atoms with E-state index >= 15 is 0 Å². The van der Waals surface area contributed by atoms with Gasteiger partial charge in [0.05, 0.1) is 0 Å². The Morgan fingerprint density at radius 1 is 1.32 bits per heavy atom. The Kier molecular flexibility index (Phi) is 6.05. The summed E-state index contributed by atoms with van der Waals surface area (Å²) < 4.78 is 0. The van der Waals surface area contributed by atoms with Gasteiger partial charge in [0.15, 0.2) is 0 Å². The average molecular weight is 265 g/mol. The number of likely N-dealkylation sites (N-methyl/N-ethyl adjacent to an activating group) is 1. The van der Waals surface area contributed by atoms with Gasteiger partial charge in [-0.25, -0.2) is 9.97 Å². The number of amides is 1. The molecular weight excluding hydrogens is 242 g/mol. The zero-order chi connectivity index (χ0) is 14.3. The maximum Gasteiger partial charge on any atom is 0.241 e. The summed E-state index contributed by atoms with van der Waals surface area (Å²) in [4.78, 5) is 20.0. The van der Waals surface area contributed by atoms with E-state index in [4.69, 9.17) is 0 Å². The van der Waals surface area contributed by atoms with E-state index in [9.17, 15) is 4.79 Å². The number of nitrogens with zero attached hydrogens (tertiary/aromatic N) is 2. The third-order valence-electron chi connectivity index (χ3n) is 2.83. The predicted molar refractivity (Wildman–Crippen MR) is 77.3 cm³/mol. The van der Waals surface area contributed by atoms with Crippen molar-refractivity contribution in [2.75, 3.05) is 24.2 Å². The fraction of sp³-hybridized carbons (Fsp3) is 0.615. The molecule has 0 radical (unpaired) electrons. The van der Waals surface area contributed by atoms with E-state index in [1.807, 2.05) is 6.92 Å². The first kappa shape index (κ1) is 15.2. The van der Waals surface area contributed by atoms with Crippen LogP contribution in [-0.4, -0.2) is 35.5 Å². The Balaban J connectivity index is 2.90. The molecule has 1 rings (SSSR count). The average Bonchev–Trinajstić information content (AvgIpc) is 2.44. The number of nitrogens with one attached hydrogen (secondary N) is 3. The van der Waals surface area contributed by atoms with Crippen molar-refractivity contribution in [1.82, 2.24) is 15.3 Å². The van der Waals surface area contributed by atoms with E-state index < -0.39 is 0 Å². The SMILES string of the molecule is CCCNc1ncnc(NC(C)C(=O)NC)c1CC. The maximum absolute atomic E-state index is 11.5. The van der Waals surface area contributed by atoms with Crippen LogP contribution in [-0.2, 0) is 11.2 Å². The van der Waals surface area contributed by atoms with Gasteiger partial charge in [0.25, 0.3) is 0 Å². The fourth-order valence-electron chi connectivity index (χ4n) is 1.75. The highest BCUT2D eigenvalue weighted by Gasteiger charge is 2.15. The van der Waals surface area contributed by atoms with Gasteiger partial charge < -0.3 is 16.0 Å². The summed E-state index contributed by atoms with van der Waals surface area (Å²) in [6, 6.07) is -0.329. The standard InChI is InChI=1S/C13H23N5O/c1-5-7-15-11-10(6-2)12(17-8-16-11)18-9(3)13(19)14-4/h8-9H,5-7H2,1-4H3,(H,14,19)(H2,15,16,17,18). The molecule has 0 spiro atoms. The van der Waals surface area contributed by atoms with E-state index in [0.29, 0.717) is 5.82 Å². The lowest BCUT2D eigenvalue weighted by Crippen LogP contribution is -2.35. The largest absolute Gasteiger partial charge is 0.370 e. The van der Waals surface area contributed by atoms with Crippen LogP contribution in [0.2, 0.25) is 0 Å². The van der Waals surface area contributed by atoms with Crippen molar-refractivity contribution in [3.63, 3.8) is 0 Å². The van der Waals surface area contributed by atoms with Crippen molar-refractivity contribution in [3.8, 4) is 0 Å². The molecule has 0 aliphatic rings. The van der Waals surface area contributed by atoms with Crippen molar-refractivity contribution in [2.24, 2.45) is 0 Å². The van der Waals surface area contributed by atoms with E-state index in [-0.39, 0.29) is 11.9 Å². The number of carbonyl (C=O) groups is 1. The van der Waals surface area contributed by atoms with Crippen LogP contribution >= 0.6 is 0 Å². The normalized spacial score (nSPS) is 11.8. The molecule has 3 N–H and O–H groups in total. The molecule has 1 unspecified atom stereocenters. The third kappa shape index (κ3) is 4.08. The van der Waals surface area contributed by atoms with E-state index in [1.165, 1.54) is 6.33 Å². The number of carbonyl (C=O) groups excluding carboxylic acids is 1. The number of hydrogen-bond donors (Lipinski definition) is 3. The quantitative estimate of drug-likeness (QED) is 0.694. The van der Waals surface area contributed by atoms with Gasteiger partial charge in [-0.3, -0.25) is 4.79 Å². The first-order chi connectivity index (χ1) is 9.13. The van der Waals surface area contributed by atoms with Crippen LogP contribution < -0.4 is 16.0 Å². The molecule has 1 aromatic heterocycles. The van der Waals surface area contributed by atoms with Crippen LogP contribution in [0.15, 0.2) is 6.33 Å². The van der Waals surface area contributed by atoms with E-state index in [0.717, 1.165) is 30.8 Å². The Bertz CT molecular complexity index is 421. The zero-order valence-electron chi connectivity index (χ0n) is 12.1. The Morgan fingerprint density at radius 3 is 2.58 bits per heavy atom. The van der Waals surface area contributed by atoms with Gasteiger partial charge >= 0.3 is 0 Å². The molecule has 6 heteroatoms. The molecule has 0 aliphatic heterocycles. The highest BCUT2D eigenvalue weighted by molar-refractivity contribution is 5.84. The predicted octanol–water partition coefficient (Wildman–Crippen LogP) is 1.41. The van der Waals surface area contributed by atoms with Crippen molar-refractivity contribution >= 4 is 17.5 Å². The molecule has 106 valence electrons. The summed E-state index contributed by atoms with van der Waals surface area (Å²) in [7, 11) is 1.62. The lowest BCUT2D eigenvalue weighted by atomic mass is 10.2. The summed E-state index contributed by atoms with van der Waals surface area (Å²) in [5.41, 5.74) is 1.01. The molecule has 1 heterocycles. The van der Waals surface area contributed by atoms with Gasteiger partial charge in [0.1, 0.15) is 24.0 Å². The van der Waals surface area contributed by atoms with Crippen LogP contribution in [0, 0.1) is 0 Å². The summed E-state index contributed by atoms with van der Waals surface area (Å²) >= 11 is 0. The van der Waals surface area contributed by atoms with Gasteiger partial charge in [-0.2, -0.15) is 0 Å². The Morgan fingerprint density at radius 2 is 2.00 bits per heavy atom. The lowest BCUT2D eigenvalue weighted by Gasteiger charge is -2.17. The lowest BCUT2D eigenvalue weighted by molar-refractivity contribution is -0.121. The van der Waals surface area contributed by atoms with Crippen LogP contribution in [0.5, 0.6) is 0 Å². The third-order valence-corrected chi connectivity index (χ3v) is 2.83. The van der Waals surface area contributed by atoms with E-state index in [1.54, 1.807) is 14.0 Å². The maximum atomic E-state index is 11.5. The molecule has 0 fully saturated rings. The second-order valence-corrected chi connectivity index (χ2v) is 4.31. The molecular formula is C13H23N5O. The summed E-state index contributed by atoms with van der Waals surface area (Å²) in [6.45, 7) is 6.83. The molecule has 6 nitrogen and oxygen atoms in total. The van der Waals surface area contributed by atoms with E-state index in [2.05, 4.69) is 32.8 Å². The number of rotatable bonds is 7. The number of aromatic nitrogens is 2. The minimum atomic E-state index is -0.329. The Labute approximate surface area is 114 Å². The first-order valence-corrected chi connectivity index (χ1v) is 6.69. The second kappa shape index (κ2) is 7.56. The molecule has 0 saturated carbocycles. The van der Waals surface area contributed by atoms with Crippen LogP contribution in [0.1, 0.15) is 32.8 Å². The second-order valence-electron chi connectivity index (χ2n) is 4.31. The number of anilines is 2. The minimum absolute atomic E-state index is 0.0660. The van der Waals surface area contributed by atoms with Gasteiger partial charge in [-0.05, 0) is 19.8 Å². The molecule has 0 aliphatic carbocycles. The fourth-order valence-corrected chi connectivity index (χ4v) is 1.75. The van der Waals surface area contributed by atoms with Crippen LogP contribution in [0.25, 0.3) is 0 Å². The van der Waals surface area contributed by atoms with Crippen molar-refractivity contribution < 1.29 is 4.79 Å². The minimum Gasteiger partial charge on any atom is -0.370 e. The summed E-state index contributed by atoms with van der Waals surface area (Å²) in [5.74, 6) is 1.49. The highest BCUT2D eigenvalue weighted by atomic mass is 16.2. The van der Waals surface area contributed by atoms with Crippen molar-refractivity contribution in [2.45, 2.75) is 39.7 Å². The Hall–Kier alpha value is -1.85. The molecule has 0 bridgehead atoms. The molecule has 0 saturated heterocycles. The molecule has 1 atom stereocenters.